The number of nitrogens with zero attached hydrogens (tertiary/aromatic N) is 1. The zero-order valence-electron chi connectivity index (χ0n) is 19.6. The van der Waals surface area contributed by atoms with Crippen LogP contribution in [0.4, 0.5) is 10.5 Å². The van der Waals surface area contributed by atoms with E-state index in [0.29, 0.717) is 29.4 Å². The molecular formula is C27H23BrN2O5S. The number of benzene rings is 3. The molecule has 0 unspecified atom stereocenters. The first-order chi connectivity index (χ1) is 17.3. The molecule has 1 N–H and O–H groups in total. The van der Waals surface area contributed by atoms with E-state index in [-0.39, 0.29) is 11.4 Å². The molecule has 3 amide bonds. The van der Waals surface area contributed by atoms with Crippen LogP contribution in [0, 0.1) is 6.92 Å². The highest BCUT2D eigenvalue weighted by Gasteiger charge is 2.36. The minimum absolute atomic E-state index is 0.231. The maximum absolute atomic E-state index is 12.9. The van der Waals surface area contributed by atoms with Crippen LogP contribution in [-0.4, -0.2) is 35.6 Å². The molecule has 0 aliphatic carbocycles. The number of imide groups is 1. The number of amides is 3. The quantitative estimate of drug-likeness (QED) is 0.335. The van der Waals surface area contributed by atoms with Crippen LogP contribution in [-0.2, 0) is 16.2 Å². The highest BCUT2D eigenvalue weighted by Crippen LogP contribution is 2.35. The van der Waals surface area contributed by atoms with Gasteiger partial charge in [-0.25, -0.2) is 0 Å². The molecule has 0 spiro atoms. The number of rotatable bonds is 8. The molecule has 1 fully saturated rings. The van der Waals surface area contributed by atoms with Gasteiger partial charge in [0.05, 0.1) is 12.0 Å². The summed E-state index contributed by atoms with van der Waals surface area (Å²) < 4.78 is 12.3. The van der Waals surface area contributed by atoms with E-state index in [1.54, 1.807) is 36.4 Å². The van der Waals surface area contributed by atoms with E-state index in [4.69, 9.17) is 9.47 Å². The second kappa shape index (κ2) is 11.5. The molecule has 4 rings (SSSR count). The summed E-state index contributed by atoms with van der Waals surface area (Å²) in [5.74, 6) is 0.0949. The van der Waals surface area contributed by atoms with Crippen molar-refractivity contribution in [2.24, 2.45) is 0 Å². The van der Waals surface area contributed by atoms with E-state index < -0.39 is 17.1 Å². The number of para-hydroxylation sites is 1. The largest absolute Gasteiger partial charge is 0.493 e. The van der Waals surface area contributed by atoms with Crippen LogP contribution in [0.25, 0.3) is 6.08 Å². The maximum Gasteiger partial charge on any atom is 0.294 e. The Morgan fingerprint density at radius 2 is 1.81 bits per heavy atom. The molecule has 3 aromatic carbocycles. The van der Waals surface area contributed by atoms with Gasteiger partial charge < -0.3 is 14.8 Å². The Labute approximate surface area is 221 Å². The number of methoxy groups -OCH3 is 1. The summed E-state index contributed by atoms with van der Waals surface area (Å²) in [4.78, 5) is 38.9. The Balaban J connectivity index is 1.43. The van der Waals surface area contributed by atoms with Crippen molar-refractivity contribution >= 4 is 56.5 Å². The van der Waals surface area contributed by atoms with Crippen LogP contribution in [0.1, 0.15) is 16.7 Å². The van der Waals surface area contributed by atoms with Gasteiger partial charge in [-0.05, 0) is 71.8 Å². The highest BCUT2D eigenvalue weighted by atomic mass is 79.9. The van der Waals surface area contributed by atoms with Crippen LogP contribution in [0.15, 0.2) is 76.1 Å². The lowest BCUT2D eigenvalue weighted by atomic mass is 10.1. The number of carbonyl (C=O) groups excluding carboxylic acids is 3. The van der Waals surface area contributed by atoms with E-state index in [0.717, 1.165) is 32.3 Å². The van der Waals surface area contributed by atoms with Crippen molar-refractivity contribution in [3.8, 4) is 11.5 Å². The van der Waals surface area contributed by atoms with Crippen molar-refractivity contribution in [3.63, 3.8) is 0 Å². The average Bonchev–Trinajstić information content (AvgIpc) is 3.12. The fraction of sp³-hybridized carbons (Fsp3) is 0.148. The van der Waals surface area contributed by atoms with Crippen LogP contribution in [0.3, 0.4) is 0 Å². The second-order valence-electron chi connectivity index (χ2n) is 7.96. The SMILES string of the molecule is COc1cc(/C=C2\SC(=O)N(CC(=O)Nc3ccccc3C)C2=O)ccc1OCc1ccc(Br)cc1. The zero-order chi connectivity index (χ0) is 25.7. The maximum atomic E-state index is 12.9. The summed E-state index contributed by atoms with van der Waals surface area (Å²) >= 11 is 4.21. The summed E-state index contributed by atoms with van der Waals surface area (Å²) in [7, 11) is 1.53. The van der Waals surface area contributed by atoms with Gasteiger partial charge in [0.25, 0.3) is 11.1 Å². The third-order valence-electron chi connectivity index (χ3n) is 5.39. The molecule has 1 saturated heterocycles. The van der Waals surface area contributed by atoms with Crippen LogP contribution in [0.2, 0.25) is 0 Å². The standard InChI is InChI=1S/C27H23BrN2O5S/c1-17-5-3-4-6-21(17)29-25(31)15-30-26(32)24(36-27(30)33)14-19-9-12-22(23(13-19)34-2)35-16-18-7-10-20(28)11-8-18/h3-14H,15-16H2,1-2H3,(H,29,31)/b24-14-. The number of carbonyl (C=O) groups is 3. The van der Waals surface area contributed by atoms with Crippen LogP contribution < -0.4 is 14.8 Å². The molecule has 3 aromatic rings. The second-order valence-corrected chi connectivity index (χ2v) is 9.87. The van der Waals surface area contributed by atoms with Gasteiger partial charge in [0.15, 0.2) is 11.5 Å². The number of hydrogen-bond donors (Lipinski definition) is 1. The van der Waals surface area contributed by atoms with Gasteiger partial charge in [0, 0.05) is 10.2 Å². The van der Waals surface area contributed by atoms with E-state index in [9.17, 15) is 14.4 Å². The molecule has 9 heteroatoms. The number of ether oxygens (including phenoxy) is 2. The lowest BCUT2D eigenvalue weighted by Gasteiger charge is -2.13. The van der Waals surface area contributed by atoms with Gasteiger partial charge in [-0.3, -0.25) is 19.3 Å². The number of anilines is 1. The number of nitrogens with one attached hydrogen (secondary N) is 1. The molecule has 7 nitrogen and oxygen atoms in total. The lowest BCUT2D eigenvalue weighted by Crippen LogP contribution is -2.36. The van der Waals surface area contributed by atoms with E-state index in [1.165, 1.54) is 7.11 Å². The van der Waals surface area contributed by atoms with Gasteiger partial charge >= 0.3 is 0 Å². The molecule has 0 bridgehead atoms. The summed E-state index contributed by atoms with van der Waals surface area (Å²) in [6.07, 6.45) is 1.60. The topological polar surface area (TPSA) is 84.9 Å². The fourth-order valence-electron chi connectivity index (χ4n) is 3.47. The molecule has 0 atom stereocenters. The number of halogens is 1. The summed E-state index contributed by atoms with van der Waals surface area (Å²) in [5.41, 5.74) is 3.19. The Kier molecular flexibility index (Phi) is 8.12. The molecule has 0 saturated carbocycles. The van der Waals surface area contributed by atoms with Crippen molar-refractivity contribution in [1.29, 1.82) is 0 Å². The predicted octanol–water partition coefficient (Wildman–Crippen LogP) is 6.02. The summed E-state index contributed by atoms with van der Waals surface area (Å²) in [6, 6.07) is 20.4. The van der Waals surface area contributed by atoms with Crippen molar-refractivity contribution in [1.82, 2.24) is 4.90 Å². The highest BCUT2D eigenvalue weighted by molar-refractivity contribution is 9.10. The minimum atomic E-state index is -0.514. The monoisotopic (exact) mass is 566 g/mol. The first kappa shape index (κ1) is 25.5. The summed E-state index contributed by atoms with van der Waals surface area (Å²) in [6.45, 7) is 1.87. The molecule has 0 radical (unpaired) electrons. The van der Waals surface area contributed by atoms with Crippen LogP contribution in [0.5, 0.6) is 11.5 Å². The first-order valence-electron chi connectivity index (χ1n) is 11.0. The molecular weight excluding hydrogens is 544 g/mol. The van der Waals surface area contributed by atoms with Gasteiger partial charge in [-0.15, -0.1) is 0 Å². The molecule has 1 aliphatic rings. The van der Waals surface area contributed by atoms with Crippen molar-refractivity contribution in [2.75, 3.05) is 19.0 Å². The average molecular weight is 567 g/mol. The molecule has 0 aromatic heterocycles. The summed E-state index contributed by atoms with van der Waals surface area (Å²) in [5, 5.41) is 2.25. The Bertz CT molecular complexity index is 1340. The smallest absolute Gasteiger partial charge is 0.294 e. The molecule has 1 heterocycles. The van der Waals surface area contributed by atoms with Crippen LogP contribution >= 0.6 is 27.7 Å². The zero-order valence-corrected chi connectivity index (χ0v) is 22.0. The van der Waals surface area contributed by atoms with Gasteiger partial charge in [-0.1, -0.05) is 52.3 Å². The number of thioether (sulfide) groups is 1. The number of hydrogen-bond acceptors (Lipinski definition) is 6. The fourth-order valence-corrected chi connectivity index (χ4v) is 4.57. The van der Waals surface area contributed by atoms with Gasteiger partial charge in [0.1, 0.15) is 13.2 Å². The molecule has 36 heavy (non-hydrogen) atoms. The number of aryl methyl sites for hydroxylation is 1. The molecule has 184 valence electrons. The minimum Gasteiger partial charge on any atom is -0.493 e. The van der Waals surface area contributed by atoms with E-state index in [2.05, 4.69) is 21.2 Å². The van der Waals surface area contributed by atoms with Gasteiger partial charge in [-0.2, -0.15) is 0 Å². The predicted molar refractivity (Wildman–Crippen MR) is 144 cm³/mol. The Morgan fingerprint density at radius 1 is 1.06 bits per heavy atom. The van der Waals surface area contributed by atoms with Crippen molar-refractivity contribution in [2.45, 2.75) is 13.5 Å². The normalized spacial score (nSPS) is 14.3. The Morgan fingerprint density at radius 3 is 2.53 bits per heavy atom. The van der Waals surface area contributed by atoms with Gasteiger partial charge in [0.2, 0.25) is 5.91 Å². The first-order valence-corrected chi connectivity index (χ1v) is 12.6. The lowest BCUT2D eigenvalue weighted by molar-refractivity contribution is -0.127. The third kappa shape index (κ3) is 6.16. The van der Waals surface area contributed by atoms with E-state index >= 15 is 0 Å². The van der Waals surface area contributed by atoms with Crippen molar-refractivity contribution < 1.29 is 23.9 Å². The van der Waals surface area contributed by atoms with Crippen molar-refractivity contribution in [3.05, 3.63) is 92.8 Å². The van der Waals surface area contributed by atoms with E-state index in [1.807, 2.05) is 43.3 Å². The molecule has 1 aliphatic heterocycles. The Hall–Kier alpha value is -3.56. The third-order valence-corrected chi connectivity index (χ3v) is 6.82.